The molecule has 1 fully saturated rings. The van der Waals surface area contributed by atoms with Crippen molar-refractivity contribution < 1.29 is 14.3 Å². The Morgan fingerprint density at radius 2 is 2.00 bits per heavy atom. The van der Waals surface area contributed by atoms with Gasteiger partial charge in [-0.2, -0.15) is 0 Å². The van der Waals surface area contributed by atoms with E-state index in [2.05, 4.69) is 26.1 Å². The highest BCUT2D eigenvalue weighted by Gasteiger charge is 2.33. The minimum absolute atomic E-state index is 0.0345. The van der Waals surface area contributed by atoms with E-state index in [0.717, 1.165) is 25.8 Å². The van der Waals surface area contributed by atoms with Crippen molar-refractivity contribution >= 4 is 11.9 Å². The number of amides is 1. The number of hydrogen-bond donors (Lipinski definition) is 1. The van der Waals surface area contributed by atoms with Crippen LogP contribution in [0, 0.1) is 11.8 Å². The van der Waals surface area contributed by atoms with E-state index in [9.17, 15) is 9.59 Å². The third-order valence-corrected chi connectivity index (χ3v) is 4.29. The number of hydrogen-bond acceptors (Lipinski definition) is 4. The number of methoxy groups -OCH3 is 1. The zero-order chi connectivity index (χ0) is 15.1. The fourth-order valence-electron chi connectivity index (χ4n) is 2.67. The second kappa shape index (κ2) is 8.25. The maximum absolute atomic E-state index is 12.6. The Labute approximate surface area is 122 Å². The van der Waals surface area contributed by atoms with Gasteiger partial charge in [-0.3, -0.25) is 9.59 Å². The predicted molar refractivity (Wildman–Crippen MR) is 78.2 cm³/mol. The van der Waals surface area contributed by atoms with Crippen molar-refractivity contribution in [2.24, 2.45) is 11.8 Å². The molecule has 1 amide bonds. The Hall–Kier alpha value is -1.10. The molecule has 1 saturated heterocycles. The highest BCUT2D eigenvalue weighted by molar-refractivity contribution is 5.86. The zero-order valence-corrected chi connectivity index (χ0v) is 13.1. The summed E-state index contributed by atoms with van der Waals surface area (Å²) in [5, 5.41) is 3.24. The van der Waals surface area contributed by atoms with Crippen LogP contribution in [-0.4, -0.2) is 49.6 Å². The van der Waals surface area contributed by atoms with E-state index in [1.165, 1.54) is 7.11 Å². The normalized spacial score (nSPS) is 22.1. The smallest absolute Gasteiger partial charge is 0.325 e. The fourth-order valence-corrected chi connectivity index (χ4v) is 2.67. The first-order valence-electron chi connectivity index (χ1n) is 7.62. The van der Waals surface area contributed by atoms with Crippen LogP contribution in [-0.2, 0) is 14.3 Å². The summed E-state index contributed by atoms with van der Waals surface area (Å²) in [7, 11) is 1.36. The lowest BCUT2D eigenvalue weighted by Crippen LogP contribution is -2.49. The van der Waals surface area contributed by atoms with Crippen molar-refractivity contribution in [2.75, 3.05) is 26.7 Å². The Kier molecular flexibility index (Phi) is 6.99. The minimum Gasteiger partial charge on any atom is -0.468 e. The summed E-state index contributed by atoms with van der Waals surface area (Å²) < 4.78 is 4.72. The summed E-state index contributed by atoms with van der Waals surface area (Å²) in [6, 6.07) is -0.158. The average Bonchev–Trinajstić information content (AvgIpc) is 2.88. The third-order valence-electron chi connectivity index (χ3n) is 4.29. The van der Waals surface area contributed by atoms with Crippen LogP contribution in [0.4, 0.5) is 0 Å². The lowest BCUT2D eigenvalue weighted by Gasteiger charge is -2.29. The molecule has 20 heavy (non-hydrogen) atoms. The molecule has 0 aromatic rings. The second-order valence-corrected chi connectivity index (χ2v) is 5.68. The largest absolute Gasteiger partial charge is 0.468 e. The van der Waals surface area contributed by atoms with Crippen LogP contribution in [0.25, 0.3) is 0 Å². The lowest BCUT2D eigenvalue weighted by atomic mass is 9.99. The molecule has 1 aliphatic heterocycles. The average molecular weight is 284 g/mol. The maximum Gasteiger partial charge on any atom is 0.325 e. The van der Waals surface area contributed by atoms with Gasteiger partial charge in [-0.25, -0.2) is 0 Å². The molecule has 0 aliphatic carbocycles. The summed E-state index contributed by atoms with van der Waals surface area (Å²) in [6.07, 6.45) is 3.03. The predicted octanol–water partition coefficient (Wildman–Crippen LogP) is 1.42. The van der Waals surface area contributed by atoms with Crippen LogP contribution < -0.4 is 5.32 Å². The van der Waals surface area contributed by atoms with E-state index in [1.54, 1.807) is 4.90 Å². The van der Waals surface area contributed by atoms with Gasteiger partial charge >= 0.3 is 5.97 Å². The standard InChI is InChI=1S/C15H28N2O3/c1-5-12(6-2)9-17(10-13(18)20-4)15(19)14-11(3)7-8-16-14/h11-12,14,16H,5-10H2,1-4H3. The summed E-state index contributed by atoms with van der Waals surface area (Å²) >= 11 is 0. The Balaban J connectivity index is 2.74. The summed E-state index contributed by atoms with van der Waals surface area (Å²) in [4.78, 5) is 25.8. The van der Waals surface area contributed by atoms with Crippen LogP contribution in [0.5, 0.6) is 0 Å². The number of ether oxygens (including phenoxy) is 1. The van der Waals surface area contributed by atoms with E-state index < -0.39 is 0 Å². The third kappa shape index (κ3) is 4.47. The van der Waals surface area contributed by atoms with Gasteiger partial charge in [-0.05, 0) is 24.8 Å². The van der Waals surface area contributed by atoms with E-state index in [-0.39, 0.29) is 24.5 Å². The van der Waals surface area contributed by atoms with Crippen molar-refractivity contribution in [1.29, 1.82) is 0 Å². The first-order valence-corrected chi connectivity index (χ1v) is 7.62. The molecule has 2 atom stereocenters. The van der Waals surface area contributed by atoms with Crippen LogP contribution in [0.2, 0.25) is 0 Å². The molecule has 1 rings (SSSR count). The summed E-state index contributed by atoms with van der Waals surface area (Å²) in [5.74, 6) is 0.437. The first-order chi connectivity index (χ1) is 9.53. The zero-order valence-electron chi connectivity index (χ0n) is 13.1. The van der Waals surface area contributed by atoms with Crippen molar-refractivity contribution in [3.63, 3.8) is 0 Å². The minimum atomic E-state index is -0.352. The van der Waals surface area contributed by atoms with E-state index in [0.29, 0.717) is 18.4 Å². The molecular formula is C15H28N2O3. The quantitative estimate of drug-likeness (QED) is 0.718. The second-order valence-electron chi connectivity index (χ2n) is 5.68. The van der Waals surface area contributed by atoms with Crippen LogP contribution in [0.15, 0.2) is 0 Å². The number of carbonyl (C=O) groups excluding carboxylic acids is 2. The Morgan fingerprint density at radius 1 is 1.35 bits per heavy atom. The van der Waals surface area contributed by atoms with Crippen molar-refractivity contribution in [3.05, 3.63) is 0 Å². The first kappa shape index (κ1) is 17.0. The SMILES string of the molecule is CCC(CC)CN(CC(=O)OC)C(=O)C1NCCC1C. The number of nitrogens with one attached hydrogen (secondary N) is 1. The topological polar surface area (TPSA) is 58.6 Å². The molecule has 0 spiro atoms. The van der Waals surface area contributed by atoms with Gasteiger partial charge in [0.15, 0.2) is 0 Å². The monoisotopic (exact) mass is 284 g/mol. The molecule has 1 N–H and O–H groups in total. The van der Waals surface area contributed by atoms with Crippen LogP contribution in [0.3, 0.4) is 0 Å². The van der Waals surface area contributed by atoms with E-state index >= 15 is 0 Å². The molecule has 1 heterocycles. The summed E-state index contributed by atoms with van der Waals surface area (Å²) in [5.41, 5.74) is 0. The molecule has 1 aliphatic rings. The van der Waals surface area contributed by atoms with Gasteiger partial charge in [0.2, 0.25) is 5.91 Å². The van der Waals surface area contributed by atoms with Gasteiger partial charge in [0.05, 0.1) is 13.2 Å². The fraction of sp³-hybridized carbons (Fsp3) is 0.867. The van der Waals surface area contributed by atoms with Crippen LogP contribution >= 0.6 is 0 Å². The molecule has 2 unspecified atom stereocenters. The van der Waals surface area contributed by atoms with Crippen molar-refractivity contribution in [1.82, 2.24) is 10.2 Å². The molecule has 0 aromatic carbocycles. The Bertz CT molecular complexity index is 329. The number of esters is 1. The molecular weight excluding hydrogens is 256 g/mol. The highest BCUT2D eigenvalue weighted by Crippen LogP contribution is 2.18. The van der Waals surface area contributed by atoms with Crippen molar-refractivity contribution in [3.8, 4) is 0 Å². The maximum atomic E-state index is 12.6. The molecule has 116 valence electrons. The molecule has 0 bridgehead atoms. The number of nitrogens with zero attached hydrogens (tertiary/aromatic N) is 1. The van der Waals surface area contributed by atoms with Crippen molar-refractivity contribution in [2.45, 2.75) is 46.1 Å². The van der Waals surface area contributed by atoms with Crippen LogP contribution in [0.1, 0.15) is 40.0 Å². The van der Waals surface area contributed by atoms with E-state index in [4.69, 9.17) is 4.74 Å². The molecule has 5 nitrogen and oxygen atoms in total. The van der Waals surface area contributed by atoms with Gasteiger partial charge in [0.1, 0.15) is 6.54 Å². The van der Waals surface area contributed by atoms with Gasteiger partial charge in [-0.15, -0.1) is 0 Å². The van der Waals surface area contributed by atoms with E-state index in [1.807, 2.05) is 0 Å². The van der Waals surface area contributed by atoms with Gasteiger partial charge in [-0.1, -0.05) is 33.6 Å². The Morgan fingerprint density at radius 3 is 2.45 bits per heavy atom. The molecule has 0 aromatic heterocycles. The molecule has 5 heteroatoms. The number of carbonyl (C=O) groups is 2. The van der Waals surface area contributed by atoms with Gasteiger partial charge in [0.25, 0.3) is 0 Å². The summed E-state index contributed by atoms with van der Waals surface area (Å²) in [6.45, 7) is 7.87. The molecule has 0 radical (unpaired) electrons. The molecule has 0 saturated carbocycles. The van der Waals surface area contributed by atoms with Gasteiger partial charge < -0.3 is 15.0 Å². The number of rotatable bonds is 7. The van der Waals surface area contributed by atoms with Gasteiger partial charge in [0, 0.05) is 6.54 Å². The lowest BCUT2D eigenvalue weighted by molar-refractivity contribution is -0.148. The highest BCUT2D eigenvalue weighted by atomic mass is 16.5.